The molecule has 3 heteroatoms. The lowest BCUT2D eigenvalue weighted by molar-refractivity contribution is 0.409. The van der Waals surface area contributed by atoms with Gasteiger partial charge in [0, 0.05) is 6.04 Å². The highest BCUT2D eigenvalue weighted by Crippen LogP contribution is 2.70. The fraction of sp³-hybridized carbons (Fsp3) is 0.625. The van der Waals surface area contributed by atoms with Crippen LogP contribution in [-0.2, 0) is 6.42 Å². The molecule has 0 aromatic heterocycles. The van der Waals surface area contributed by atoms with E-state index in [-0.39, 0.29) is 11.9 Å². The molecule has 102 valence electrons. The number of hydrogen-bond acceptors (Lipinski definition) is 1. The van der Waals surface area contributed by atoms with Gasteiger partial charge in [-0.3, -0.25) is 0 Å². The molecule has 3 fully saturated rings. The Balaban J connectivity index is 1.48. The van der Waals surface area contributed by atoms with Crippen LogP contribution in [0.2, 0.25) is 0 Å². The number of halogens is 2. The molecule has 0 aliphatic heterocycles. The average Bonchev–Trinajstić information content (AvgIpc) is 2.84. The van der Waals surface area contributed by atoms with E-state index in [1.807, 2.05) is 6.07 Å². The van der Waals surface area contributed by atoms with Gasteiger partial charge in [0.2, 0.25) is 0 Å². The fourth-order valence-corrected chi connectivity index (χ4v) is 5.49. The van der Waals surface area contributed by atoms with Crippen molar-refractivity contribution in [1.29, 1.82) is 0 Å². The molecule has 1 aromatic rings. The third-order valence-corrected chi connectivity index (χ3v) is 6.66. The normalized spacial score (nSPS) is 40.3. The van der Waals surface area contributed by atoms with Gasteiger partial charge in [-0.2, -0.15) is 0 Å². The van der Waals surface area contributed by atoms with Crippen molar-refractivity contribution in [2.75, 3.05) is 0 Å². The predicted molar refractivity (Wildman–Crippen MR) is 77.1 cm³/mol. The predicted octanol–water partition coefficient (Wildman–Crippen LogP) is 3.75. The summed E-state index contributed by atoms with van der Waals surface area (Å²) in [5.41, 5.74) is 7.45. The van der Waals surface area contributed by atoms with Gasteiger partial charge in [0.1, 0.15) is 5.82 Å². The van der Waals surface area contributed by atoms with Crippen molar-refractivity contribution in [3.05, 3.63) is 34.1 Å². The zero-order chi connectivity index (χ0) is 13.1. The van der Waals surface area contributed by atoms with Crippen LogP contribution in [0.1, 0.15) is 24.8 Å². The first-order chi connectivity index (χ1) is 9.16. The average molecular weight is 324 g/mol. The SMILES string of the molecule is NC(Cc1cccc(F)c1Br)C1C2C3CCC(C3)C12. The number of hydrogen-bond donors (Lipinski definition) is 1. The summed E-state index contributed by atoms with van der Waals surface area (Å²) in [7, 11) is 0. The summed E-state index contributed by atoms with van der Waals surface area (Å²) in [5.74, 6) is 4.26. The lowest BCUT2D eigenvalue weighted by Gasteiger charge is -2.17. The van der Waals surface area contributed by atoms with Crippen molar-refractivity contribution in [2.45, 2.75) is 31.7 Å². The van der Waals surface area contributed by atoms with Gasteiger partial charge in [0.15, 0.2) is 0 Å². The number of nitrogens with two attached hydrogens (primary N) is 1. The molecule has 5 atom stereocenters. The summed E-state index contributed by atoms with van der Waals surface area (Å²) in [6.45, 7) is 0. The van der Waals surface area contributed by atoms with E-state index in [2.05, 4.69) is 15.9 Å². The van der Waals surface area contributed by atoms with Gasteiger partial charge in [-0.05, 0) is 82.8 Å². The zero-order valence-corrected chi connectivity index (χ0v) is 12.4. The fourth-order valence-electron chi connectivity index (χ4n) is 5.06. The van der Waals surface area contributed by atoms with Crippen LogP contribution in [0.3, 0.4) is 0 Å². The molecule has 2 bridgehead atoms. The highest BCUT2D eigenvalue weighted by Gasteiger charge is 2.65. The maximum absolute atomic E-state index is 13.5. The first-order valence-corrected chi connectivity index (χ1v) is 8.14. The third kappa shape index (κ3) is 1.81. The zero-order valence-electron chi connectivity index (χ0n) is 10.9. The van der Waals surface area contributed by atoms with Crippen LogP contribution >= 0.6 is 15.9 Å². The number of benzene rings is 1. The lowest BCUT2D eigenvalue weighted by Crippen LogP contribution is -2.28. The summed E-state index contributed by atoms with van der Waals surface area (Å²) in [6, 6.07) is 5.46. The molecule has 1 nitrogen and oxygen atoms in total. The Morgan fingerprint density at radius 1 is 1.26 bits per heavy atom. The van der Waals surface area contributed by atoms with E-state index < -0.39 is 0 Å². The van der Waals surface area contributed by atoms with Crippen molar-refractivity contribution in [1.82, 2.24) is 0 Å². The molecule has 3 saturated carbocycles. The van der Waals surface area contributed by atoms with E-state index in [4.69, 9.17) is 5.73 Å². The van der Waals surface area contributed by atoms with Crippen molar-refractivity contribution < 1.29 is 4.39 Å². The lowest BCUT2D eigenvalue weighted by atomic mass is 9.94. The summed E-state index contributed by atoms with van der Waals surface area (Å²) in [6.07, 6.45) is 5.12. The van der Waals surface area contributed by atoms with E-state index in [0.29, 0.717) is 10.4 Å². The van der Waals surface area contributed by atoms with Crippen molar-refractivity contribution in [3.8, 4) is 0 Å². The smallest absolute Gasteiger partial charge is 0.137 e. The Morgan fingerprint density at radius 3 is 2.63 bits per heavy atom. The molecule has 5 unspecified atom stereocenters. The standard InChI is InChI=1S/C16H19BrFN/c17-16-10(2-1-3-11(16)18)7-12(19)15-13-8-4-5-9(6-8)14(13)15/h1-3,8-9,12-15H,4-7,19H2. The van der Waals surface area contributed by atoms with Gasteiger partial charge in [-0.25, -0.2) is 4.39 Å². The molecule has 1 aromatic carbocycles. The molecule has 4 rings (SSSR count). The molecule has 2 N–H and O–H groups in total. The first-order valence-electron chi connectivity index (χ1n) is 7.35. The van der Waals surface area contributed by atoms with Gasteiger partial charge in [-0.15, -0.1) is 0 Å². The van der Waals surface area contributed by atoms with E-state index in [1.54, 1.807) is 6.07 Å². The Kier molecular flexibility index (Phi) is 2.79. The second kappa shape index (κ2) is 4.29. The first kappa shape index (κ1) is 12.3. The van der Waals surface area contributed by atoms with Gasteiger partial charge in [-0.1, -0.05) is 12.1 Å². The van der Waals surface area contributed by atoms with Crippen LogP contribution in [0.25, 0.3) is 0 Å². The Labute approximate surface area is 121 Å². The molecular formula is C16H19BrFN. The van der Waals surface area contributed by atoms with Crippen LogP contribution in [0, 0.1) is 35.4 Å². The minimum absolute atomic E-state index is 0.180. The minimum atomic E-state index is -0.180. The van der Waals surface area contributed by atoms with E-state index >= 15 is 0 Å². The van der Waals surface area contributed by atoms with Gasteiger partial charge >= 0.3 is 0 Å². The summed E-state index contributed by atoms with van der Waals surface area (Å²) in [4.78, 5) is 0. The van der Waals surface area contributed by atoms with Gasteiger partial charge in [0.05, 0.1) is 4.47 Å². The molecular weight excluding hydrogens is 305 g/mol. The van der Waals surface area contributed by atoms with Gasteiger partial charge in [0.25, 0.3) is 0 Å². The number of rotatable bonds is 3. The van der Waals surface area contributed by atoms with E-state index in [0.717, 1.165) is 35.7 Å². The summed E-state index contributed by atoms with van der Waals surface area (Å²) >= 11 is 3.35. The van der Waals surface area contributed by atoms with Crippen LogP contribution in [0.15, 0.2) is 22.7 Å². The van der Waals surface area contributed by atoms with E-state index in [9.17, 15) is 4.39 Å². The minimum Gasteiger partial charge on any atom is -0.327 e. The maximum atomic E-state index is 13.5. The molecule has 0 heterocycles. The highest BCUT2D eigenvalue weighted by atomic mass is 79.9. The summed E-state index contributed by atoms with van der Waals surface area (Å²) in [5, 5.41) is 0. The van der Waals surface area contributed by atoms with Crippen LogP contribution in [0.5, 0.6) is 0 Å². The van der Waals surface area contributed by atoms with Crippen LogP contribution < -0.4 is 5.73 Å². The molecule has 19 heavy (non-hydrogen) atoms. The Hall–Kier alpha value is -0.410. The molecule has 3 aliphatic rings. The molecule has 0 amide bonds. The van der Waals surface area contributed by atoms with Crippen molar-refractivity contribution in [2.24, 2.45) is 35.3 Å². The molecule has 0 radical (unpaired) electrons. The maximum Gasteiger partial charge on any atom is 0.137 e. The van der Waals surface area contributed by atoms with Crippen molar-refractivity contribution >= 4 is 15.9 Å². The highest BCUT2D eigenvalue weighted by molar-refractivity contribution is 9.10. The third-order valence-electron chi connectivity index (χ3n) is 5.78. The monoisotopic (exact) mass is 323 g/mol. The quantitative estimate of drug-likeness (QED) is 0.900. The van der Waals surface area contributed by atoms with E-state index in [1.165, 1.54) is 25.3 Å². The molecule has 3 aliphatic carbocycles. The Morgan fingerprint density at radius 2 is 1.95 bits per heavy atom. The topological polar surface area (TPSA) is 26.0 Å². The van der Waals surface area contributed by atoms with Gasteiger partial charge < -0.3 is 5.73 Å². The van der Waals surface area contributed by atoms with Crippen LogP contribution in [0.4, 0.5) is 4.39 Å². The van der Waals surface area contributed by atoms with Crippen molar-refractivity contribution in [3.63, 3.8) is 0 Å². The second-order valence-electron chi connectivity index (χ2n) is 6.65. The number of fused-ring (bicyclic) bond motifs is 5. The summed E-state index contributed by atoms with van der Waals surface area (Å²) < 4.78 is 14.1. The largest absolute Gasteiger partial charge is 0.327 e. The molecule has 0 spiro atoms. The second-order valence-corrected chi connectivity index (χ2v) is 7.44. The van der Waals surface area contributed by atoms with Crippen LogP contribution in [-0.4, -0.2) is 6.04 Å². The molecule has 0 saturated heterocycles. The Bertz CT molecular complexity index is 501.